The zero-order chi connectivity index (χ0) is 13.8. The molecule has 1 heterocycles. The Morgan fingerprint density at radius 2 is 2.05 bits per heavy atom. The molecule has 1 aromatic carbocycles. The lowest BCUT2D eigenvalue weighted by atomic mass is 10.1. The molecule has 1 atom stereocenters. The molecule has 0 fully saturated rings. The molecule has 0 bridgehead atoms. The normalized spacial score (nSPS) is 12.2. The number of benzene rings is 1. The molecule has 0 spiro atoms. The molecule has 2 aromatic rings. The van der Waals surface area contributed by atoms with Crippen molar-refractivity contribution in [1.82, 2.24) is 15.5 Å². The van der Waals surface area contributed by atoms with Crippen molar-refractivity contribution < 1.29 is 14.3 Å². The average Bonchev–Trinajstić information content (AvgIpc) is 2.85. The van der Waals surface area contributed by atoms with E-state index < -0.39 is 0 Å². The Morgan fingerprint density at radius 3 is 2.58 bits per heavy atom. The van der Waals surface area contributed by atoms with Crippen molar-refractivity contribution in [2.75, 3.05) is 0 Å². The molecule has 0 aliphatic heterocycles. The molecule has 100 valence electrons. The van der Waals surface area contributed by atoms with Gasteiger partial charge in [0.15, 0.2) is 0 Å². The molecule has 0 saturated heterocycles. The first-order valence-corrected chi connectivity index (χ1v) is 5.91. The highest BCUT2D eigenvalue weighted by atomic mass is 16.4. The van der Waals surface area contributed by atoms with Crippen molar-refractivity contribution in [2.45, 2.75) is 26.5 Å². The molecule has 0 saturated carbocycles. The zero-order valence-corrected chi connectivity index (χ0v) is 10.8. The number of nitrogens with zero attached hydrogens (tertiary/aromatic N) is 2. The van der Waals surface area contributed by atoms with Gasteiger partial charge in [-0.3, -0.25) is 4.79 Å². The monoisotopic (exact) mass is 261 g/mol. The van der Waals surface area contributed by atoms with Crippen LogP contribution < -0.4 is 5.32 Å². The van der Waals surface area contributed by atoms with Crippen LogP contribution in [0.25, 0.3) is 0 Å². The maximum atomic E-state index is 12.0. The lowest BCUT2D eigenvalue weighted by Crippen LogP contribution is -2.26. The largest absolute Gasteiger partial charge is 0.423 e. The average molecular weight is 261 g/mol. The first-order valence-electron chi connectivity index (χ1n) is 5.91. The summed E-state index contributed by atoms with van der Waals surface area (Å²) in [6, 6.07) is 6.37. The third-order valence-electron chi connectivity index (χ3n) is 2.66. The van der Waals surface area contributed by atoms with E-state index in [1.165, 1.54) is 0 Å². The molecule has 2 rings (SSSR count). The minimum absolute atomic E-state index is 0.0421. The summed E-state index contributed by atoms with van der Waals surface area (Å²) in [5, 5.41) is 19.3. The maximum Gasteiger partial charge on any atom is 0.251 e. The van der Waals surface area contributed by atoms with Gasteiger partial charge in [-0.2, -0.15) is 0 Å². The topological polar surface area (TPSA) is 88.2 Å². The van der Waals surface area contributed by atoms with Crippen LogP contribution in [-0.2, 0) is 6.61 Å². The van der Waals surface area contributed by atoms with Gasteiger partial charge in [0.2, 0.25) is 11.8 Å². The molecule has 0 aliphatic rings. The lowest BCUT2D eigenvalue weighted by molar-refractivity contribution is 0.0934. The molecule has 1 unspecified atom stereocenters. The smallest absolute Gasteiger partial charge is 0.251 e. The summed E-state index contributed by atoms with van der Waals surface area (Å²) in [5.41, 5.74) is 1.28. The van der Waals surface area contributed by atoms with Gasteiger partial charge in [0, 0.05) is 12.5 Å². The van der Waals surface area contributed by atoms with Crippen molar-refractivity contribution in [1.29, 1.82) is 0 Å². The summed E-state index contributed by atoms with van der Waals surface area (Å²) in [6.07, 6.45) is 0. The van der Waals surface area contributed by atoms with E-state index in [-0.39, 0.29) is 18.6 Å². The quantitative estimate of drug-likeness (QED) is 0.867. The second-order valence-electron chi connectivity index (χ2n) is 4.21. The number of carbonyl (C=O) groups is 1. The molecule has 19 heavy (non-hydrogen) atoms. The number of aromatic nitrogens is 2. The van der Waals surface area contributed by atoms with E-state index >= 15 is 0 Å². The Hall–Kier alpha value is -2.21. The van der Waals surface area contributed by atoms with Crippen molar-refractivity contribution in [3.63, 3.8) is 0 Å². The van der Waals surface area contributed by atoms with Crippen molar-refractivity contribution >= 4 is 5.91 Å². The Balaban J connectivity index is 2.03. The van der Waals surface area contributed by atoms with Gasteiger partial charge in [-0.25, -0.2) is 0 Å². The van der Waals surface area contributed by atoms with Crippen LogP contribution in [0.5, 0.6) is 0 Å². The first-order chi connectivity index (χ1) is 9.10. The van der Waals surface area contributed by atoms with Crippen LogP contribution in [-0.4, -0.2) is 21.2 Å². The van der Waals surface area contributed by atoms with Crippen LogP contribution in [0.1, 0.15) is 40.7 Å². The number of aliphatic hydroxyl groups excluding tert-OH is 1. The van der Waals surface area contributed by atoms with Crippen LogP contribution in [0, 0.1) is 6.92 Å². The molecule has 0 radical (unpaired) electrons. The van der Waals surface area contributed by atoms with Gasteiger partial charge in [0.05, 0.1) is 6.61 Å². The van der Waals surface area contributed by atoms with E-state index in [9.17, 15) is 4.79 Å². The minimum atomic E-state index is -0.355. The van der Waals surface area contributed by atoms with Gasteiger partial charge in [0.25, 0.3) is 5.91 Å². The summed E-state index contributed by atoms with van der Waals surface area (Å²) in [4.78, 5) is 12.0. The molecule has 1 aromatic heterocycles. The van der Waals surface area contributed by atoms with E-state index in [0.717, 1.165) is 5.56 Å². The maximum absolute atomic E-state index is 12.0. The molecule has 2 N–H and O–H groups in total. The van der Waals surface area contributed by atoms with Gasteiger partial charge in [-0.1, -0.05) is 12.1 Å². The Morgan fingerprint density at radius 1 is 1.37 bits per heavy atom. The number of hydrogen-bond acceptors (Lipinski definition) is 5. The van der Waals surface area contributed by atoms with Gasteiger partial charge >= 0.3 is 0 Å². The van der Waals surface area contributed by atoms with Crippen molar-refractivity contribution in [2.24, 2.45) is 0 Å². The summed E-state index contributed by atoms with van der Waals surface area (Å²) in [7, 11) is 0. The number of hydrogen-bond donors (Lipinski definition) is 2. The van der Waals surface area contributed by atoms with Crippen molar-refractivity contribution in [3.8, 4) is 0 Å². The van der Waals surface area contributed by atoms with Crippen LogP contribution in [0.2, 0.25) is 0 Å². The molecule has 6 heteroatoms. The molecule has 6 nitrogen and oxygen atoms in total. The molecular formula is C13H15N3O3. The lowest BCUT2D eigenvalue weighted by Gasteiger charge is -2.10. The fourth-order valence-electron chi connectivity index (χ4n) is 1.59. The second kappa shape index (κ2) is 5.62. The summed E-state index contributed by atoms with van der Waals surface area (Å²) in [5.74, 6) is 0.606. The standard InChI is InChI=1S/C13H15N3O3/c1-8(13-16-15-9(2)19-13)14-12(18)11-5-3-10(7-17)4-6-11/h3-6,8,17H,7H2,1-2H3,(H,14,18). The highest BCUT2D eigenvalue weighted by Gasteiger charge is 2.16. The van der Waals surface area contributed by atoms with Crippen LogP contribution >= 0.6 is 0 Å². The number of carbonyl (C=O) groups excluding carboxylic acids is 1. The number of nitrogens with one attached hydrogen (secondary N) is 1. The zero-order valence-electron chi connectivity index (χ0n) is 10.8. The number of rotatable bonds is 4. The van der Waals surface area contributed by atoms with Gasteiger partial charge < -0.3 is 14.8 Å². The minimum Gasteiger partial charge on any atom is -0.423 e. The number of amides is 1. The van der Waals surface area contributed by atoms with E-state index in [1.807, 2.05) is 0 Å². The number of aliphatic hydroxyl groups is 1. The molecule has 1 amide bonds. The predicted molar refractivity (Wildman–Crippen MR) is 67.3 cm³/mol. The Kier molecular flexibility index (Phi) is 3.91. The fraction of sp³-hybridized carbons (Fsp3) is 0.308. The van der Waals surface area contributed by atoms with E-state index in [1.54, 1.807) is 38.1 Å². The van der Waals surface area contributed by atoms with Crippen molar-refractivity contribution in [3.05, 3.63) is 47.2 Å². The Bertz CT molecular complexity index is 563. The van der Waals surface area contributed by atoms with Gasteiger partial charge in [-0.15, -0.1) is 10.2 Å². The summed E-state index contributed by atoms with van der Waals surface area (Å²) >= 11 is 0. The van der Waals surface area contributed by atoms with Gasteiger partial charge in [-0.05, 0) is 24.6 Å². The van der Waals surface area contributed by atoms with Gasteiger partial charge in [0.1, 0.15) is 6.04 Å². The van der Waals surface area contributed by atoms with E-state index in [0.29, 0.717) is 17.3 Å². The van der Waals surface area contributed by atoms with Crippen LogP contribution in [0.15, 0.2) is 28.7 Å². The third kappa shape index (κ3) is 3.17. The summed E-state index contributed by atoms with van der Waals surface area (Å²) < 4.78 is 5.25. The first kappa shape index (κ1) is 13.2. The fourth-order valence-corrected chi connectivity index (χ4v) is 1.59. The second-order valence-corrected chi connectivity index (χ2v) is 4.21. The molecular weight excluding hydrogens is 246 g/mol. The molecule has 0 aliphatic carbocycles. The summed E-state index contributed by atoms with van der Waals surface area (Å²) in [6.45, 7) is 3.42. The predicted octanol–water partition coefficient (Wildman–Crippen LogP) is 1.36. The number of aryl methyl sites for hydroxylation is 1. The Labute approximate surface area is 110 Å². The highest BCUT2D eigenvalue weighted by Crippen LogP contribution is 2.11. The SMILES string of the molecule is Cc1nnc(C(C)NC(=O)c2ccc(CO)cc2)o1. The highest BCUT2D eigenvalue weighted by molar-refractivity contribution is 5.94. The third-order valence-corrected chi connectivity index (χ3v) is 2.66. The van der Waals surface area contributed by atoms with E-state index in [4.69, 9.17) is 9.52 Å². The van der Waals surface area contributed by atoms with Crippen LogP contribution in [0.3, 0.4) is 0 Å². The van der Waals surface area contributed by atoms with E-state index in [2.05, 4.69) is 15.5 Å². The van der Waals surface area contributed by atoms with Crippen LogP contribution in [0.4, 0.5) is 0 Å².